The van der Waals surface area contributed by atoms with E-state index in [9.17, 15) is 9.90 Å². The number of benzene rings is 1. The number of hydrogen-bond acceptors (Lipinski definition) is 3. The highest BCUT2D eigenvalue weighted by Crippen LogP contribution is 2.26. The lowest BCUT2D eigenvalue weighted by Crippen LogP contribution is -2.39. The molecular weight excluding hydrogens is 302 g/mol. The van der Waals surface area contributed by atoms with Crippen molar-refractivity contribution in [3.05, 3.63) is 35.9 Å². The maximum absolute atomic E-state index is 12.3. The number of rotatable bonds is 6. The molecule has 24 heavy (non-hydrogen) atoms. The Morgan fingerprint density at radius 1 is 1.25 bits per heavy atom. The molecule has 0 spiro atoms. The predicted octanol–water partition coefficient (Wildman–Crippen LogP) is 3.50. The van der Waals surface area contributed by atoms with E-state index in [1.54, 1.807) is 6.08 Å². The minimum atomic E-state index is 0.0324. The van der Waals surface area contributed by atoms with Crippen LogP contribution in [0.2, 0.25) is 0 Å². The zero-order valence-corrected chi connectivity index (χ0v) is 14.9. The fourth-order valence-corrected chi connectivity index (χ4v) is 3.11. The van der Waals surface area contributed by atoms with E-state index in [1.165, 1.54) is 0 Å². The number of ether oxygens (including phenoxy) is 1. The fraction of sp³-hybridized carbons (Fsp3) is 0.550. The van der Waals surface area contributed by atoms with E-state index in [1.807, 2.05) is 56.1 Å². The summed E-state index contributed by atoms with van der Waals surface area (Å²) in [5, 5.41) is 9.20. The first-order valence-corrected chi connectivity index (χ1v) is 8.82. The van der Waals surface area contributed by atoms with Crippen LogP contribution in [-0.4, -0.2) is 41.7 Å². The zero-order valence-electron chi connectivity index (χ0n) is 14.9. The smallest absolute Gasteiger partial charge is 0.246 e. The second-order valence-electron chi connectivity index (χ2n) is 6.88. The molecule has 0 radical (unpaired) electrons. The molecule has 4 heteroatoms. The fourth-order valence-electron chi connectivity index (χ4n) is 3.11. The van der Waals surface area contributed by atoms with Crippen LogP contribution in [0.15, 0.2) is 30.3 Å². The van der Waals surface area contributed by atoms with Gasteiger partial charge in [0.2, 0.25) is 5.91 Å². The number of amides is 1. The second kappa shape index (κ2) is 8.88. The van der Waals surface area contributed by atoms with Crippen molar-refractivity contribution in [3.8, 4) is 5.75 Å². The van der Waals surface area contributed by atoms with Gasteiger partial charge in [0.05, 0.1) is 6.10 Å². The normalized spacial score (nSPS) is 21.2. The Balaban J connectivity index is 1.87. The molecule has 1 aromatic rings. The summed E-state index contributed by atoms with van der Waals surface area (Å²) in [6.45, 7) is 4.26. The molecule has 1 N–H and O–H groups in total. The number of aliphatic hydroxyl groups is 1. The summed E-state index contributed by atoms with van der Waals surface area (Å²) >= 11 is 0. The van der Waals surface area contributed by atoms with Crippen LogP contribution < -0.4 is 4.74 Å². The largest absolute Gasteiger partial charge is 0.491 e. The van der Waals surface area contributed by atoms with Crippen molar-refractivity contribution in [2.24, 2.45) is 5.92 Å². The highest BCUT2D eigenvalue weighted by atomic mass is 16.5. The highest BCUT2D eigenvalue weighted by molar-refractivity contribution is 5.91. The Labute approximate surface area is 145 Å². The van der Waals surface area contributed by atoms with Crippen LogP contribution in [0.1, 0.15) is 45.1 Å². The van der Waals surface area contributed by atoms with E-state index in [0.29, 0.717) is 5.92 Å². The van der Waals surface area contributed by atoms with E-state index < -0.39 is 0 Å². The molecule has 0 heterocycles. The van der Waals surface area contributed by atoms with Crippen LogP contribution in [0.4, 0.5) is 0 Å². The van der Waals surface area contributed by atoms with Crippen LogP contribution in [0, 0.1) is 5.92 Å². The molecule has 132 valence electrons. The number of carbonyl (C=O) groups excluding carboxylic acids is 1. The van der Waals surface area contributed by atoms with Crippen molar-refractivity contribution >= 4 is 12.0 Å². The Morgan fingerprint density at radius 2 is 1.88 bits per heavy atom. The maximum Gasteiger partial charge on any atom is 0.246 e. The van der Waals surface area contributed by atoms with Crippen molar-refractivity contribution in [3.63, 3.8) is 0 Å². The van der Waals surface area contributed by atoms with Gasteiger partial charge >= 0.3 is 0 Å². The number of aliphatic hydroxyl groups excluding tert-OH is 1. The molecule has 1 saturated carbocycles. The van der Waals surface area contributed by atoms with E-state index in [2.05, 4.69) is 0 Å². The van der Waals surface area contributed by atoms with Gasteiger partial charge in [-0.1, -0.05) is 12.1 Å². The number of hydrogen-bond donors (Lipinski definition) is 1. The number of nitrogens with zero attached hydrogens (tertiary/aromatic N) is 1. The Kier molecular flexibility index (Phi) is 6.85. The molecule has 1 fully saturated rings. The molecule has 0 bridgehead atoms. The first-order valence-electron chi connectivity index (χ1n) is 8.82. The molecule has 1 aromatic carbocycles. The first kappa shape index (κ1) is 18.5. The second-order valence-corrected chi connectivity index (χ2v) is 6.88. The molecule has 1 aliphatic carbocycles. The average molecular weight is 331 g/mol. The van der Waals surface area contributed by atoms with Gasteiger partial charge in [-0.3, -0.25) is 4.79 Å². The minimum Gasteiger partial charge on any atom is -0.491 e. The van der Waals surface area contributed by atoms with Gasteiger partial charge in [0.1, 0.15) is 5.75 Å². The molecule has 4 nitrogen and oxygen atoms in total. The lowest BCUT2D eigenvalue weighted by molar-refractivity contribution is -0.127. The van der Waals surface area contributed by atoms with Gasteiger partial charge in [0.25, 0.3) is 0 Å². The lowest BCUT2D eigenvalue weighted by atomic mass is 9.86. The maximum atomic E-state index is 12.3. The third-order valence-corrected chi connectivity index (χ3v) is 4.64. The summed E-state index contributed by atoms with van der Waals surface area (Å²) < 4.78 is 5.61. The molecule has 0 aliphatic heterocycles. The van der Waals surface area contributed by atoms with Gasteiger partial charge < -0.3 is 14.7 Å². The Bertz CT molecular complexity index is 543. The van der Waals surface area contributed by atoms with Crippen molar-refractivity contribution in [1.29, 1.82) is 0 Å². The van der Waals surface area contributed by atoms with Gasteiger partial charge in [0, 0.05) is 25.8 Å². The Hall–Kier alpha value is -1.81. The quantitative estimate of drug-likeness (QED) is 0.812. The van der Waals surface area contributed by atoms with Gasteiger partial charge in [-0.15, -0.1) is 0 Å². The molecule has 0 aromatic heterocycles. The van der Waals surface area contributed by atoms with Crippen molar-refractivity contribution in [1.82, 2.24) is 4.90 Å². The monoisotopic (exact) mass is 331 g/mol. The molecule has 1 aliphatic rings. The standard InChI is InChI=1S/C20H29NO3/c1-15(2)24-19-11-6-16(7-12-19)8-13-20(23)21(3)18-9-4-17(14-22)5-10-18/h6-8,11-13,15,17-18,22H,4-5,9-10,14H2,1-3H3/b13-8+. The van der Waals surface area contributed by atoms with E-state index in [-0.39, 0.29) is 24.7 Å². The third-order valence-electron chi connectivity index (χ3n) is 4.64. The van der Waals surface area contributed by atoms with E-state index >= 15 is 0 Å². The predicted molar refractivity (Wildman–Crippen MR) is 96.8 cm³/mol. The van der Waals surface area contributed by atoms with Gasteiger partial charge in [-0.25, -0.2) is 0 Å². The molecule has 0 saturated heterocycles. The summed E-state index contributed by atoms with van der Waals surface area (Å²) in [6.07, 6.45) is 7.58. The summed E-state index contributed by atoms with van der Waals surface area (Å²) in [5.41, 5.74) is 0.983. The van der Waals surface area contributed by atoms with Crippen LogP contribution in [0.3, 0.4) is 0 Å². The molecule has 0 unspecified atom stereocenters. The molecule has 0 atom stereocenters. The third kappa shape index (κ3) is 5.38. The lowest BCUT2D eigenvalue weighted by Gasteiger charge is -2.33. The molecule has 2 rings (SSSR count). The van der Waals surface area contributed by atoms with Crippen molar-refractivity contribution < 1.29 is 14.6 Å². The van der Waals surface area contributed by atoms with Gasteiger partial charge in [-0.05, 0) is 69.2 Å². The zero-order chi connectivity index (χ0) is 17.5. The summed E-state index contributed by atoms with van der Waals surface area (Å²) in [4.78, 5) is 14.2. The first-order chi connectivity index (χ1) is 11.5. The molecule has 1 amide bonds. The van der Waals surface area contributed by atoms with E-state index in [4.69, 9.17) is 4.74 Å². The Morgan fingerprint density at radius 3 is 2.42 bits per heavy atom. The van der Waals surface area contributed by atoms with Crippen LogP contribution in [0.25, 0.3) is 6.08 Å². The minimum absolute atomic E-state index is 0.0324. The summed E-state index contributed by atoms with van der Waals surface area (Å²) in [6, 6.07) is 8.03. The summed E-state index contributed by atoms with van der Waals surface area (Å²) in [5.74, 6) is 1.28. The van der Waals surface area contributed by atoms with Gasteiger partial charge in [-0.2, -0.15) is 0 Å². The van der Waals surface area contributed by atoms with Crippen molar-refractivity contribution in [2.75, 3.05) is 13.7 Å². The van der Waals surface area contributed by atoms with Crippen LogP contribution in [0.5, 0.6) is 5.75 Å². The van der Waals surface area contributed by atoms with Gasteiger partial charge in [0.15, 0.2) is 0 Å². The number of likely N-dealkylation sites (N-methyl/N-ethyl adjacent to an activating group) is 1. The van der Waals surface area contributed by atoms with Crippen molar-refractivity contribution in [2.45, 2.75) is 51.7 Å². The molecular formula is C20H29NO3. The highest BCUT2D eigenvalue weighted by Gasteiger charge is 2.25. The summed E-state index contributed by atoms with van der Waals surface area (Å²) in [7, 11) is 1.87. The topological polar surface area (TPSA) is 49.8 Å². The van der Waals surface area contributed by atoms with E-state index in [0.717, 1.165) is 37.0 Å². The van der Waals surface area contributed by atoms with Crippen LogP contribution in [-0.2, 0) is 4.79 Å². The van der Waals surface area contributed by atoms with Crippen LogP contribution >= 0.6 is 0 Å². The average Bonchev–Trinajstić information content (AvgIpc) is 2.60. The SMILES string of the molecule is CC(C)Oc1ccc(/C=C/C(=O)N(C)C2CCC(CO)CC2)cc1. The number of carbonyl (C=O) groups is 1.